The Balaban J connectivity index is 2.22. The summed E-state index contributed by atoms with van der Waals surface area (Å²) in [6.07, 6.45) is 1.34. The fraction of sp³-hybridized carbons (Fsp3) is 0.375. The van der Waals surface area contributed by atoms with Gasteiger partial charge in [0.15, 0.2) is 0 Å². The van der Waals surface area contributed by atoms with Crippen LogP contribution in [0.4, 0.5) is 0 Å². The standard InChI is InChI=1S/C8H10O2S2/c1-2-4-7(9)10-12-8-5-3-6-11-8/h3,5-6H,2,4H2,1H3. The van der Waals surface area contributed by atoms with Gasteiger partial charge >= 0.3 is 5.97 Å². The third kappa shape index (κ3) is 3.28. The monoisotopic (exact) mass is 202 g/mol. The van der Waals surface area contributed by atoms with E-state index in [1.54, 1.807) is 11.3 Å². The molecule has 1 aromatic rings. The first-order chi connectivity index (χ1) is 5.83. The Morgan fingerprint density at radius 1 is 1.75 bits per heavy atom. The fourth-order valence-corrected chi connectivity index (χ4v) is 1.91. The van der Waals surface area contributed by atoms with Crippen molar-refractivity contribution in [2.24, 2.45) is 0 Å². The minimum atomic E-state index is -0.143. The van der Waals surface area contributed by atoms with Crippen LogP contribution in [0.2, 0.25) is 0 Å². The molecule has 0 atom stereocenters. The summed E-state index contributed by atoms with van der Waals surface area (Å²) in [7, 11) is 0. The van der Waals surface area contributed by atoms with E-state index < -0.39 is 0 Å². The van der Waals surface area contributed by atoms with Crippen LogP contribution in [0.3, 0.4) is 0 Å². The molecular weight excluding hydrogens is 192 g/mol. The van der Waals surface area contributed by atoms with Gasteiger partial charge in [-0.2, -0.15) is 0 Å². The third-order valence-corrected chi connectivity index (χ3v) is 2.89. The maximum atomic E-state index is 10.9. The molecule has 12 heavy (non-hydrogen) atoms. The molecule has 0 amide bonds. The summed E-state index contributed by atoms with van der Waals surface area (Å²) in [5.41, 5.74) is 0. The van der Waals surface area contributed by atoms with Gasteiger partial charge in [0.05, 0.1) is 0 Å². The molecule has 1 aromatic heterocycles. The van der Waals surface area contributed by atoms with Crippen LogP contribution in [0.15, 0.2) is 21.7 Å². The van der Waals surface area contributed by atoms with E-state index in [1.807, 2.05) is 24.4 Å². The molecule has 0 saturated carbocycles. The predicted octanol–water partition coefficient (Wildman–Crippen LogP) is 3.10. The molecule has 0 spiro atoms. The highest BCUT2D eigenvalue weighted by molar-refractivity contribution is 7.97. The van der Waals surface area contributed by atoms with Crippen molar-refractivity contribution in [1.82, 2.24) is 0 Å². The van der Waals surface area contributed by atoms with Crippen molar-refractivity contribution in [3.05, 3.63) is 17.5 Å². The van der Waals surface area contributed by atoms with Crippen molar-refractivity contribution in [2.45, 2.75) is 24.0 Å². The van der Waals surface area contributed by atoms with Crippen LogP contribution >= 0.6 is 23.4 Å². The topological polar surface area (TPSA) is 26.3 Å². The maximum Gasteiger partial charge on any atom is 0.318 e. The van der Waals surface area contributed by atoms with Crippen LogP contribution in [0.5, 0.6) is 0 Å². The molecule has 0 aliphatic heterocycles. The molecular formula is C8H10O2S2. The van der Waals surface area contributed by atoms with E-state index in [-0.39, 0.29) is 5.97 Å². The highest BCUT2D eigenvalue weighted by Gasteiger charge is 2.02. The predicted molar refractivity (Wildman–Crippen MR) is 51.2 cm³/mol. The molecule has 0 radical (unpaired) electrons. The number of rotatable bonds is 4. The first-order valence-corrected chi connectivity index (χ1v) is 5.36. The second kappa shape index (κ2) is 5.22. The number of hydrogen-bond donors (Lipinski definition) is 0. The smallest absolute Gasteiger partial charge is 0.318 e. The Morgan fingerprint density at radius 2 is 2.58 bits per heavy atom. The van der Waals surface area contributed by atoms with Crippen molar-refractivity contribution >= 4 is 29.3 Å². The van der Waals surface area contributed by atoms with Gasteiger partial charge in [0.2, 0.25) is 0 Å². The number of carbonyl (C=O) groups excluding carboxylic acids is 1. The maximum absolute atomic E-state index is 10.9. The number of carbonyl (C=O) groups is 1. The molecule has 1 rings (SSSR count). The van der Waals surface area contributed by atoms with Crippen LogP contribution < -0.4 is 0 Å². The molecule has 66 valence electrons. The molecule has 0 aromatic carbocycles. The first-order valence-electron chi connectivity index (χ1n) is 3.73. The van der Waals surface area contributed by atoms with E-state index in [4.69, 9.17) is 4.18 Å². The van der Waals surface area contributed by atoms with Crippen molar-refractivity contribution in [3.63, 3.8) is 0 Å². The Bertz CT molecular complexity index is 231. The van der Waals surface area contributed by atoms with E-state index >= 15 is 0 Å². The SMILES string of the molecule is CCCC(=O)OSc1cccs1. The molecule has 0 N–H and O–H groups in total. The van der Waals surface area contributed by atoms with Gasteiger partial charge in [0, 0.05) is 6.42 Å². The van der Waals surface area contributed by atoms with Crippen LogP contribution in [0.25, 0.3) is 0 Å². The Kier molecular flexibility index (Phi) is 4.18. The van der Waals surface area contributed by atoms with Crippen molar-refractivity contribution in [1.29, 1.82) is 0 Å². The average molecular weight is 202 g/mol. The summed E-state index contributed by atoms with van der Waals surface area (Å²) < 4.78 is 5.93. The van der Waals surface area contributed by atoms with Crippen LogP contribution in [0, 0.1) is 0 Å². The summed E-state index contributed by atoms with van der Waals surface area (Å²) in [5, 5.41) is 1.95. The Labute approximate surface area is 80.1 Å². The zero-order valence-corrected chi connectivity index (χ0v) is 8.41. The quantitative estimate of drug-likeness (QED) is 0.702. The van der Waals surface area contributed by atoms with Gasteiger partial charge in [-0.25, -0.2) is 0 Å². The molecule has 0 unspecified atom stereocenters. The van der Waals surface area contributed by atoms with Gasteiger partial charge < -0.3 is 4.18 Å². The lowest BCUT2D eigenvalue weighted by molar-refractivity contribution is -0.133. The van der Waals surface area contributed by atoms with Gasteiger partial charge in [-0.05, 0) is 17.9 Å². The van der Waals surface area contributed by atoms with Gasteiger partial charge in [-0.3, -0.25) is 4.79 Å². The second-order valence-corrected chi connectivity index (χ2v) is 4.20. The van der Waals surface area contributed by atoms with E-state index in [9.17, 15) is 4.79 Å². The van der Waals surface area contributed by atoms with Crippen molar-refractivity contribution in [2.75, 3.05) is 0 Å². The van der Waals surface area contributed by atoms with E-state index in [2.05, 4.69) is 0 Å². The van der Waals surface area contributed by atoms with Crippen LogP contribution in [-0.2, 0) is 8.98 Å². The summed E-state index contributed by atoms with van der Waals surface area (Å²) in [4.78, 5) is 10.9. The van der Waals surface area contributed by atoms with Crippen molar-refractivity contribution < 1.29 is 8.98 Å². The average Bonchev–Trinajstić information content (AvgIpc) is 2.53. The highest BCUT2D eigenvalue weighted by atomic mass is 32.2. The van der Waals surface area contributed by atoms with E-state index in [1.165, 1.54) is 0 Å². The molecule has 0 bridgehead atoms. The lowest BCUT2D eigenvalue weighted by atomic mass is 10.4. The van der Waals surface area contributed by atoms with E-state index in [0.29, 0.717) is 6.42 Å². The lowest BCUT2D eigenvalue weighted by Crippen LogP contribution is -1.96. The fourth-order valence-electron chi connectivity index (χ4n) is 0.644. The van der Waals surface area contributed by atoms with Gasteiger partial charge in [0.1, 0.15) is 16.3 Å². The molecule has 2 nitrogen and oxygen atoms in total. The Hall–Kier alpha value is -0.480. The summed E-state index contributed by atoms with van der Waals surface area (Å²) in [6, 6.07) is 3.86. The third-order valence-electron chi connectivity index (χ3n) is 1.17. The summed E-state index contributed by atoms with van der Waals surface area (Å²) in [6.45, 7) is 1.96. The molecule has 4 heteroatoms. The minimum absolute atomic E-state index is 0.143. The van der Waals surface area contributed by atoms with Crippen LogP contribution in [-0.4, -0.2) is 5.97 Å². The van der Waals surface area contributed by atoms with Crippen LogP contribution in [0.1, 0.15) is 19.8 Å². The highest BCUT2D eigenvalue weighted by Crippen LogP contribution is 2.24. The molecule has 0 saturated heterocycles. The molecule has 0 fully saturated rings. The van der Waals surface area contributed by atoms with Gasteiger partial charge in [0.25, 0.3) is 0 Å². The molecule has 0 aliphatic carbocycles. The number of thiophene rings is 1. The molecule has 1 heterocycles. The normalized spacial score (nSPS) is 9.75. The van der Waals surface area contributed by atoms with Gasteiger partial charge in [-0.1, -0.05) is 13.0 Å². The van der Waals surface area contributed by atoms with Gasteiger partial charge in [-0.15, -0.1) is 11.3 Å². The Morgan fingerprint density at radius 3 is 3.17 bits per heavy atom. The zero-order valence-electron chi connectivity index (χ0n) is 6.78. The second-order valence-electron chi connectivity index (χ2n) is 2.22. The summed E-state index contributed by atoms with van der Waals surface area (Å²) in [5.74, 6) is -0.143. The van der Waals surface area contributed by atoms with Crippen molar-refractivity contribution in [3.8, 4) is 0 Å². The zero-order chi connectivity index (χ0) is 8.81. The summed E-state index contributed by atoms with van der Waals surface area (Å²) >= 11 is 2.71. The largest absolute Gasteiger partial charge is 0.385 e. The number of hydrogen-bond acceptors (Lipinski definition) is 4. The minimum Gasteiger partial charge on any atom is -0.385 e. The van der Waals surface area contributed by atoms with E-state index in [0.717, 1.165) is 22.7 Å². The molecule has 0 aliphatic rings. The first kappa shape index (κ1) is 9.61. The lowest BCUT2D eigenvalue weighted by Gasteiger charge is -1.97.